The molecule has 1 heterocycles. The molecule has 0 spiro atoms. The summed E-state index contributed by atoms with van der Waals surface area (Å²) in [6.45, 7) is 6.48. The minimum Gasteiger partial charge on any atom is -0.492 e. The fourth-order valence-corrected chi connectivity index (χ4v) is 4.61. The van der Waals surface area contributed by atoms with Gasteiger partial charge in [0.25, 0.3) is 0 Å². The quantitative estimate of drug-likeness (QED) is 0.366. The van der Waals surface area contributed by atoms with E-state index in [1.165, 1.54) is 60.2 Å². The first-order chi connectivity index (χ1) is 15.8. The van der Waals surface area contributed by atoms with Crippen molar-refractivity contribution in [3.8, 4) is 5.75 Å². The Hall–Kier alpha value is -2.84. The number of piperidine rings is 1. The summed E-state index contributed by atoms with van der Waals surface area (Å²) in [7, 11) is 0. The van der Waals surface area contributed by atoms with E-state index in [4.69, 9.17) is 4.74 Å². The number of nitrogens with zero attached hydrogens (tertiary/aromatic N) is 1. The molecule has 2 heteroatoms. The Labute approximate surface area is 193 Å². The maximum Gasteiger partial charge on any atom is 0.119 e. The SMILES string of the molecule is CCC(Cc1ccccc1)=C(c1ccccc1)c1ccc(OCCN2CCCCC2)cc1. The lowest BCUT2D eigenvalue weighted by molar-refractivity contribution is 0.183. The molecule has 0 radical (unpaired) electrons. The highest BCUT2D eigenvalue weighted by Crippen LogP contribution is 2.31. The molecular formula is C30H35NO. The molecule has 3 aromatic rings. The molecule has 1 aliphatic rings. The Kier molecular flexibility index (Phi) is 8.17. The summed E-state index contributed by atoms with van der Waals surface area (Å²) in [6, 6.07) is 30.3. The smallest absolute Gasteiger partial charge is 0.119 e. The summed E-state index contributed by atoms with van der Waals surface area (Å²) in [4.78, 5) is 2.52. The lowest BCUT2D eigenvalue weighted by Crippen LogP contribution is -2.33. The summed E-state index contributed by atoms with van der Waals surface area (Å²) in [6.07, 6.45) is 6.01. The Morgan fingerprint density at radius 2 is 1.38 bits per heavy atom. The molecule has 0 atom stereocenters. The van der Waals surface area contributed by atoms with Crippen LogP contribution in [0.3, 0.4) is 0 Å². The maximum absolute atomic E-state index is 6.07. The number of hydrogen-bond acceptors (Lipinski definition) is 2. The number of benzene rings is 3. The van der Waals surface area contributed by atoms with Gasteiger partial charge in [-0.15, -0.1) is 0 Å². The molecule has 0 bridgehead atoms. The van der Waals surface area contributed by atoms with Crippen molar-refractivity contribution >= 4 is 5.57 Å². The molecule has 32 heavy (non-hydrogen) atoms. The number of ether oxygens (including phenoxy) is 1. The third-order valence-corrected chi connectivity index (χ3v) is 6.37. The van der Waals surface area contributed by atoms with Crippen LogP contribution >= 0.6 is 0 Å². The Balaban J connectivity index is 1.53. The molecule has 0 aliphatic carbocycles. The molecule has 3 aromatic carbocycles. The molecule has 4 rings (SSSR count). The Bertz CT molecular complexity index is 970. The van der Waals surface area contributed by atoms with Crippen molar-refractivity contribution in [2.75, 3.05) is 26.2 Å². The van der Waals surface area contributed by atoms with E-state index >= 15 is 0 Å². The van der Waals surface area contributed by atoms with Gasteiger partial charge in [0, 0.05) is 6.54 Å². The second-order valence-electron chi connectivity index (χ2n) is 8.64. The van der Waals surface area contributed by atoms with Crippen LogP contribution in [0.1, 0.15) is 49.3 Å². The van der Waals surface area contributed by atoms with Crippen LogP contribution in [-0.2, 0) is 6.42 Å². The average Bonchev–Trinajstić information content (AvgIpc) is 2.86. The topological polar surface area (TPSA) is 12.5 Å². The zero-order chi connectivity index (χ0) is 22.0. The van der Waals surface area contributed by atoms with E-state index in [1.54, 1.807) is 0 Å². The number of rotatable bonds is 9. The zero-order valence-corrected chi connectivity index (χ0v) is 19.3. The Morgan fingerprint density at radius 3 is 2.03 bits per heavy atom. The fourth-order valence-electron chi connectivity index (χ4n) is 4.61. The third kappa shape index (κ3) is 6.11. The maximum atomic E-state index is 6.07. The first kappa shape index (κ1) is 22.4. The monoisotopic (exact) mass is 425 g/mol. The van der Waals surface area contributed by atoms with Crippen molar-refractivity contribution in [1.29, 1.82) is 0 Å². The van der Waals surface area contributed by atoms with Crippen LogP contribution in [0.2, 0.25) is 0 Å². The normalized spacial score (nSPS) is 15.3. The molecular weight excluding hydrogens is 390 g/mol. The molecule has 1 aliphatic heterocycles. The molecule has 2 nitrogen and oxygen atoms in total. The van der Waals surface area contributed by atoms with Crippen molar-refractivity contribution in [2.24, 2.45) is 0 Å². The first-order valence-corrected chi connectivity index (χ1v) is 12.1. The Morgan fingerprint density at radius 1 is 0.750 bits per heavy atom. The van der Waals surface area contributed by atoms with Gasteiger partial charge in [0.15, 0.2) is 0 Å². The van der Waals surface area contributed by atoms with Gasteiger partial charge in [0.05, 0.1) is 0 Å². The predicted molar refractivity (Wildman–Crippen MR) is 135 cm³/mol. The summed E-state index contributed by atoms with van der Waals surface area (Å²) in [5.74, 6) is 0.958. The molecule has 1 fully saturated rings. The summed E-state index contributed by atoms with van der Waals surface area (Å²) < 4.78 is 6.07. The van der Waals surface area contributed by atoms with Gasteiger partial charge >= 0.3 is 0 Å². The highest BCUT2D eigenvalue weighted by Gasteiger charge is 2.13. The molecule has 0 unspecified atom stereocenters. The molecule has 0 amide bonds. The van der Waals surface area contributed by atoms with Crippen LogP contribution in [0.4, 0.5) is 0 Å². The second-order valence-corrected chi connectivity index (χ2v) is 8.64. The summed E-state index contributed by atoms with van der Waals surface area (Å²) >= 11 is 0. The van der Waals surface area contributed by atoms with Gasteiger partial charge in [0.2, 0.25) is 0 Å². The zero-order valence-electron chi connectivity index (χ0n) is 19.3. The number of hydrogen-bond donors (Lipinski definition) is 0. The van der Waals surface area contributed by atoms with Gasteiger partial charge in [-0.05, 0) is 73.2 Å². The molecule has 166 valence electrons. The van der Waals surface area contributed by atoms with Gasteiger partial charge < -0.3 is 4.74 Å². The highest BCUT2D eigenvalue weighted by atomic mass is 16.5. The number of allylic oxidation sites excluding steroid dienone is 1. The summed E-state index contributed by atoms with van der Waals surface area (Å²) in [5.41, 5.74) is 6.69. The van der Waals surface area contributed by atoms with Crippen LogP contribution in [0.5, 0.6) is 5.75 Å². The lowest BCUT2D eigenvalue weighted by Gasteiger charge is -2.26. The van der Waals surface area contributed by atoms with Gasteiger partial charge in [-0.3, -0.25) is 4.90 Å². The lowest BCUT2D eigenvalue weighted by atomic mass is 9.88. The van der Waals surface area contributed by atoms with Crippen molar-refractivity contribution in [1.82, 2.24) is 4.90 Å². The van der Waals surface area contributed by atoms with Gasteiger partial charge in [-0.2, -0.15) is 0 Å². The van der Waals surface area contributed by atoms with E-state index in [0.29, 0.717) is 0 Å². The molecule has 0 saturated carbocycles. The van der Waals surface area contributed by atoms with Crippen LogP contribution in [0, 0.1) is 0 Å². The van der Waals surface area contributed by atoms with E-state index in [9.17, 15) is 0 Å². The average molecular weight is 426 g/mol. The largest absolute Gasteiger partial charge is 0.492 e. The van der Waals surface area contributed by atoms with Crippen LogP contribution in [0.25, 0.3) is 5.57 Å². The van der Waals surface area contributed by atoms with Gasteiger partial charge in [0.1, 0.15) is 12.4 Å². The highest BCUT2D eigenvalue weighted by molar-refractivity contribution is 5.82. The van der Waals surface area contributed by atoms with Gasteiger partial charge in [-0.1, -0.05) is 91.7 Å². The fraction of sp³-hybridized carbons (Fsp3) is 0.333. The van der Waals surface area contributed by atoms with Crippen LogP contribution in [-0.4, -0.2) is 31.1 Å². The van der Waals surface area contributed by atoms with E-state index in [1.807, 2.05) is 0 Å². The minimum absolute atomic E-state index is 0.759. The molecule has 0 aromatic heterocycles. The predicted octanol–water partition coefficient (Wildman–Crippen LogP) is 7.01. The standard InChI is InChI=1S/C30H35NO/c1-2-26(24-25-12-6-3-7-13-25)30(27-14-8-4-9-15-27)28-16-18-29(19-17-28)32-23-22-31-20-10-5-11-21-31/h3-4,6-9,12-19H,2,5,10-11,20-24H2,1H3. The third-order valence-electron chi connectivity index (χ3n) is 6.37. The van der Waals surface area contributed by atoms with Crippen molar-refractivity contribution in [3.05, 3.63) is 107 Å². The minimum atomic E-state index is 0.759. The first-order valence-electron chi connectivity index (χ1n) is 12.1. The van der Waals surface area contributed by atoms with Gasteiger partial charge in [-0.25, -0.2) is 0 Å². The van der Waals surface area contributed by atoms with Crippen LogP contribution < -0.4 is 4.74 Å². The van der Waals surface area contributed by atoms with Crippen molar-refractivity contribution in [2.45, 2.75) is 39.0 Å². The van der Waals surface area contributed by atoms with E-state index in [2.05, 4.69) is 96.8 Å². The van der Waals surface area contributed by atoms with E-state index in [-0.39, 0.29) is 0 Å². The van der Waals surface area contributed by atoms with Crippen molar-refractivity contribution < 1.29 is 4.74 Å². The molecule has 1 saturated heterocycles. The molecule has 0 N–H and O–H groups in total. The van der Waals surface area contributed by atoms with E-state index < -0.39 is 0 Å². The van der Waals surface area contributed by atoms with E-state index in [0.717, 1.165) is 31.7 Å². The second kappa shape index (κ2) is 11.7. The van der Waals surface area contributed by atoms with Crippen molar-refractivity contribution in [3.63, 3.8) is 0 Å². The van der Waals surface area contributed by atoms with Crippen LogP contribution in [0.15, 0.2) is 90.5 Å². The summed E-state index contributed by atoms with van der Waals surface area (Å²) in [5, 5.41) is 0. The number of likely N-dealkylation sites (tertiary alicyclic amines) is 1.